The summed E-state index contributed by atoms with van der Waals surface area (Å²) in [6, 6.07) is 12.2. The molecule has 172 valence electrons. The molecule has 0 spiro atoms. The zero-order valence-corrected chi connectivity index (χ0v) is 18.2. The van der Waals surface area contributed by atoms with E-state index in [1.54, 1.807) is 24.3 Å². The molecule has 1 heterocycles. The number of nitrogens with zero attached hydrogens (tertiary/aromatic N) is 2. The normalized spacial score (nSPS) is 12.0. The first-order valence-electron chi connectivity index (χ1n) is 9.18. The Hall–Kier alpha value is -3.44. The molecule has 7 nitrogen and oxygen atoms in total. The monoisotopic (exact) mass is 497 g/mol. The van der Waals surface area contributed by atoms with Crippen LogP contribution in [0.25, 0.3) is 0 Å². The third-order valence-electron chi connectivity index (χ3n) is 4.10. The molecule has 3 rings (SSSR count). The van der Waals surface area contributed by atoms with Crippen LogP contribution in [-0.2, 0) is 27.5 Å². The van der Waals surface area contributed by atoms with Crippen LogP contribution in [0.5, 0.6) is 5.75 Å². The smallest absolute Gasteiger partial charge is 0.377 e. The van der Waals surface area contributed by atoms with E-state index >= 15 is 0 Å². The first kappa shape index (κ1) is 24.2. The fourth-order valence-electron chi connectivity index (χ4n) is 2.58. The molecule has 0 aliphatic carbocycles. The van der Waals surface area contributed by atoms with E-state index in [4.69, 9.17) is 15.8 Å². The van der Waals surface area contributed by atoms with Crippen LogP contribution in [0, 0.1) is 0 Å². The van der Waals surface area contributed by atoms with Crippen LogP contribution >= 0.6 is 11.6 Å². The number of pyridine rings is 1. The first-order chi connectivity index (χ1) is 15.5. The van der Waals surface area contributed by atoms with Crippen molar-refractivity contribution in [2.75, 3.05) is 0 Å². The van der Waals surface area contributed by atoms with Gasteiger partial charge in [-0.1, -0.05) is 23.7 Å². The van der Waals surface area contributed by atoms with Gasteiger partial charge in [0.25, 0.3) is 0 Å². The zero-order chi connectivity index (χ0) is 24.1. The van der Waals surface area contributed by atoms with Crippen LogP contribution in [0.3, 0.4) is 0 Å². The van der Waals surface area contributed by atoms with Crippen molar-refractivity contribution in [1.82, 2.24) is 10.4 Å². The summed E-state index contributed by atoms with van der Waals surface area (Å²) >= 11 is 5.87. The summed E-state index contributed by atoms with van der Waals surface area (Å²) in [5.41, 5.74) is 1.92. The van der Waals surface area contributed by atoms with E-state index in [-0.39, 0.29) is 17.9 Å². The van der Waals surface area contributed by atoms with E-state index in [0.29, 0.717) is 22.7 Å². The average Bonchev–Trinajstić information content (AvgIpc) is 2.74. The molecule has 12 heteroatoms. The van der Waals surface area contributed by atoms with Gasteiger partial charge in [0.2, 0.25) is 5.91 Å². The minimum atomic E-state index is -4.60. The predicted octanol–water partition coefficient (Wildman–Crippen LogP) is 4.21. The van der Waals surface area contributed by atoms with Crippen LogP contribution in [0.1, 0.15) is 16.8 Å². The molecule has 33 heavy (non-hydrogen) atoms. The third kappa shape index (κ3) is 6.77. The molecule has 0 fully saturated rings. The molecule has 0 unspecified atom stereocenters. The zero-order valence-electron chi connectivity index (χ0n) is 16.6. The standard InChI is InChI=1S/C21H15ClF3N3O4S/c22-16-4-1-3-14(11-16)12-20(29)28-27-13-18-19(5-2-10-26-18)32-33(30,31)17-8-6-15(7-9-17)21(23,24)25/h1-11,13H,12H2,(H,28,29)/b27-13+. The lowest BCUT2D eigenvalue weighted by atomic mass is 10.1. The highest BCUT2D eigenvalue weighted by atomic mass is 35.5. The van der Waals surface area contributed by atoms with Crippen molar-refractivity contribution in [2.45, 2.75) is 17.5 Å². The van der Waals surface area contributed by atoms with E-state index in [9.17, 15) is 26.4 Å². The molecule has 0 saturated heterocycles. The summed E-state index contributed by atoms with van der Waals surface area (Å²) in [6.07, 6.45) is -2.18. The molecule has 0 atom stereocenters. The van der Waals surface area contributed by atoms with Gasteiger partial charge in [0.05, 0.1) is 18.2 Å². The van der Waals surface area contributed by atoms with Gasteiger partial charge in [-0.05, 0) is 54.1 Å². The number of aromatic nitrogens is 1. The molecular weight excluding hydrogens is 483 g/mol. The highest BCUT2D eigenvalue weighted by Crippen LogP contribution is 2.30. The molecule has 1 amide bonds. The Kier molecular flexibility index (Phi) is 7.34. The number of nitrogens with one attached hydrogen (secondary N) is 1. The van der Waals surface area contributed by atoms with E-state index in [2.05, 4.69) is 15.5 Å². The maximum Gasteiger partial charge on any atom is 0.416 e. The number of hydrogen-bond acceptors (Lipinski definition) is 6. The Bertz CT molecular complexity index is 1280. The fourth-order valence-corrected chi connectivity index (χ4v) is 3.74. The van der Waals surface area contributed by atoms with Crippen LogP contribution in [-0.4, -0.2) is 25.5 Å². The Morgan fingerprint density at radius 3 is 2.52 bits per heavy atom. The van der Waals surface area contributed by atoms with Gasteiger partial charge in [-0.25, -0.2) is 5.43 Å². The quantitative estimate of drug-likeness (QED) is 0.299. The number of halogens is 4. The molecule has 0 bridgehead atoms. The summed E-state index contributed by atoms with van der Waals surface area (Å²) in [7, 11) is -4.45. The lowest BCUT2D eigenvalue weighted by molar-refractivity contribution is -0.137. The predicted molar refractivity (Wildman–Crippen MR) is 114 cm³/mol. The van der Waals surface area contributed by atoms with Crippen LogP contribution in [0.4, 0.5) is 13.2 Å². The van der Waals surface area contributed by atoms with Crippen molar-refractivity contribution < 1.29 is 30.6 Å². The Labute approximate surface area is 192 Å². The van der Waals surface area contributed by atoms with Gasteiger partial charge in [-0.2, -0.15) is 26.7 Å². The molecule has 0 radical (unpaired) electrons. The van der Waals surface area contributed by atoms with Crippen molar-refractivity contribution >= 4 is 33.8 Å². The number of carbonyl (C=O) groups excluding carboxylic acids is 1. The topological polar surface area (TPSA) is 97.7 Å². The highest BCUT2D eigenvalue weighted by molar-refractivity contribution is 7.87. The number of benzene rings is 2. The van der Waals surface area contributed by atoms with Gasteiger partial charge < -0.3 is 4.18 Å². The van der Waals surface area contributed by atoms with Crippen molar-refractivity contribution in [3.8, 4) is 5.75 Å². The Balaban J connectivity index is 1.70. The van der Waals surface area contributed by atoms with Crippen molar-refractivity contribution in [2.24, 2.45) is 5.10 Å². The Morgan fingerprint density at radius 1 is 1.12 bits per heavy atom. The number of hydrogen-bond donors (Lipinski definition) is 1. The van der Waals surface area contributed by atoms with Crippen molar-refractivity contribution in [3.63, 3.8) is 0 Å². The minimum Gasteiger partial charge on any atom is -0.377 e. The fraction of sp³-hybridized carbons (Fsp3) is 0.0952. The van der Waals surface area contributed by atoms with Crippen LogP contribution in [0.2, 0.25) is 5.02 Å². The summed E-state index contributed by atoms with van der Waals surface area (Å²) in [5.74, 6) is -0.686. The SMILES string of the molecule is O=C(Cc1cccc(Cl)c1)N/N=C/c1ncccc1OS(=O)(=O)c1ccc(C(F)(F)F)cc1. The second-order valence-corrected chi connectivity index (χ2v) is 8.53. The maximum absolute atomic E-state index is 12.7. The number of rotatable bonds is 7. The van der Waals surface area contributed by atoms with Gasteiger partial charge in [0, 0.05) is 11.2 Å². The van der Waals surface area contributed by atoms with Gasteiger partial charge in [0.15, 0.2) is 5.75 Å². The van der Waals surface area contributed by atoms with Gasteiger partial charge in [0.1, 0.15) is 10.6 Å². The first-order valence-corrected chi connectivity index (χ1v) is 11.0. The van der Waals surface area contributed by atoms with E-state index in [1.807, 2.05) is 0 Å². The molecule has 1 aromatic heterocycles. The van der Waals surface area contributed by atoms with E-state index in [1.165, 1.54) is 18.3 Å². The second kappa shape index (κ2) is 10.0. The lowest BCUT2D eigenvalue weighted by Crippen LogP contribution is -2.20. The van der Waals surface area contributed by atoms with Crippen LogP contribution < -0.4 is 9.61 Å². The molecule has 1 N–H and O–H groups in total. The van der Waals surface area contributed by atoms with Gasteiger partial charge in [-0.3, -0.25) is 9.78 Å². The number of alkyl halides is 3. The van der Waals surface area contributed by atoms with E-state index < -0.39 is 32.7 Å². The average molecular weight is 498 g/mol. The second-order valence-electron chi connectivity index (χ2n) is 6.55. The summed E-state index contributed by atoms with van der Waals surface area (Å²) in [5, 5.41) is 4.22. The summed E-state index contributed by atoms with van der Waals surface area (Å²) in [6.45, 7) is 0. The highest BCUT2D eigenvalue weighted by Gasteiger charge is 2.31. The molecule has 0 aliphatic rings. The van der Waals surface area contributed by atoms with Crippen molar-refractivity contribution in [1.29, 1.82) is 0 Å². The molecule has 0 saturated carbocycles. The third-order valence-corrected chi connectivity index (χ3v) is 5.58. The number of amides is 1. The van der Waals surface area contributed by atoms with Crippen LogP contribution in [0.15, 0.2) is 76.9 Å². The largest absolute Gasteiger partial charge is 0.416 e. The minimum absolute atomic E-state index is 0.00573. The molecular formula is C21H15ClF3N3O4S. The summed E-state index contributed by atoms with van der Waals surface area (Å²) < 4.78 is 68.0. The number of carbonyl (C=O) groups is 1. The Morgan fingerprint density at radius 2 is 1.85 bits per heavy atom. The van der Waals surface area contributed by atoms with Gasteiger partial charge >= 0.3 is 16.3 Å². The van der Waals surface area contributed by atoms with Crippen molar-refractivity contribution in [3.05, 3.63) is 88.7 Å². The van der Waals surface area contributed by atoms with E-state index in [0.717, 1.165) is 18.3 Å². The molecule has 2 aromatic carbocycles. The molecule has 3 aromatic rings. The lowest BCUT2D eigenvalue weighted by Gasteiger charge is -2.10. The molecule has 0 aliphatic heterocycles. The van der Waals surface area contributed by atoms with Gasteiger partial charge in [-0.15, -0.1) is 0 Å². The summed E-state index contributed by atoms with van der Waals surface area (Å²) in [4.78, 5) is 15.5. The maximum atomic E-state index is 12.7. The number of hydrazone groups is 1.